The van der Waals surface area contributed by atoms with E-state index in [0.717, 1.165) is 30.6 Å². The first-order chi connectivity index (χ1) is 8.15. The molecule has 1 aromatic rings. The third-order valence-corrected chi connectivity index (χ3v) is 3.48. The Bertz CT molecular complexity index is 348. The van der Waals surface area contributed by atoms with Crippen LogP contribution in [0.2, 0.25) is 0 Å². The maximum Gasteiger partial charge on any atom is 0.203 e. The van der Waals surface area contributed by atoms with E-state index in [4.69, 9.17) is 0 Å². The molecule has 0 spiro atoms. The predicted octanol–water partition coefficient (Wildman–Crippen LogP) is 3.45. The summed E-state index contributed by atoms with van der Waals surface area (Å²) in [7, 11) is 0. The Labute approximate surface area is 105 Å². The van der Waals surface area contributed by atoms with Gasteiger partial charge in [0.2, 0.25) is 5.95 Å². The Balaban J connectivity index is 1.93. The summed E-state index contributed by atoms with van der Waals surface area (Å²) in [6.07, 6.45) is 7.74. The summed E-state index contributed by atoms with van der Waals surface area (Å²) in [4.78, 5) is 4.58. The summed E-state index contributed by atoms with van der Waals surface area (Å²) in [5.41, 5.74) is 1.11. The summed E-state index contributed by atoms with van der Waals surface area (Å²) >= 11 is 0. The van der Waals surface area contributed by atoms with Crippen LogP contribution in [0.1, 0.15) is 45.2 Å². The van der Waals surface area contributed by atoms with Crippen LogP contribution in [0.5, 0.6) is 0 Å². The number of nitrogens with one attached hydrogen (secondary N) is 1. The Morgan fingerprint density at radius 3 is 2.76 bits per heavy atom. The molecule has 17 heavy (non-hydrogen) atoms. The minimum Gasteiger partial charge on any atom is -0.355 e. The Hall–Kier alpha value is -0.990. The average Bonchev–Trinajstić information content (AvgIpc) is 2.84. The topological polar surface area (TPSA) is 29.9 Å². The van der Waals surface area contributed by atoms with Gasteiger partial charge in [0.25, 0.3) is 0 Å². The van der Waals surface area contributed by atoms with Crippen LogP contribution in [0.15, 0.2) is 6.20 Å². The number of aromatic nitrogens is 2. The van der Waals surface area contributed by atoms with Gasteiger partial charge < -0.3 is 9.88 Å². The highest BCUT2D eigenvalue weighted by molar-refractivity contribution is 5.28. The van der Waals surface area contributed by atoms with E-state index in [0.29, 0.717) is 5.92 Å². The van der Waals surface area contributed by atoms with Crippen LogP contribution in [0.3, 0.4) is 0 Å². The third-order valence-electron chi connectivity index (χ3n) is 3.48. The number of aryl methyl sites for hydroxylation is 1. The van der Waals surface area contributed by atoms with Crippen LogP contribution < -0.4 is 5.32 Å². The van der Waals surface area contributed by atoms with Gasteiger partial charge >= 0.3 is 0 Å². The van der Waals surface area contributed by atoms with Crippen molar-refractivity contribution < 1.29 is 0 Å². The summed E-state index contributed by atoms with van der Waals surface area (Å²) < 4.78 is 2.26. The fraction of sp³-hybridized carbons (Fsp3) is 0.786. The van der Waals surface area contributed by atoms with Crippen molar-refractivity contribution in [3.05, 3.63) is 11.9 Å². The predicted molar refractivity (Wildman–Crippen MR) is 72.2 cm³/mol. The number of hydrogen-bond donors (Lipinski definition) is 1. The van der Waals surface area contributed by atoms with E-state index in [1.807, 2.05) is 0 Å². The van der Waals surface area contributed by atoms with Gasteiger partial charge in [-0.25, -0.2) is 4.98 Å². The van der Waals surface area contributed by atoms with Crippen molar-refractivity contribution in [2.24, 2.45) is 11.8 Å². The second-order valence-electron chi connectivity index (χ2n) is 5.78. The Morgan fingerprint density at radius 2 is 2.12 bits per heavy atom. The van der Waals surface area contributed by atoms with Gasteiger partial charge in [-0.3, -0.25) is 0 Å². The van der Waals surface area contributed by atoms with E-state index in [-0.39, 0.29) is 0 Å². The van der Waals surface area contributed by atoms with Crippen molar-refractivity contribution in [2.45, 2.75) is 53.0 Å². The smallest absolute Gasteiger partial charge is 0.203 e. The summed E-state index contributed by atoms with van der Waals surface area (Å²) in [6, 6.07) is 0. The molecular weight excluding hydrogens is 210 g/mol. The van der Waals surface area contributed by atoms with E-state index in [9.17, 15) is 0 Å². The molecule has 1 N–H and O–H groups in total. The molecule has 0 unspecified atom stereocenters. The second kappa shape index (κ2) is 5.56. The van der Waals surface area contributed by atoms with Crippen molar-refractivity contribution in [1.82, 2.24) is 9.55 Å². The van der Waals surface area contributed by atoms with Gasteiger partial charge in [-0.1, -0.05) is 26.7 Å². The number of imidazole rings is 1. The number of anilines is 1. The first-order valence-corrected chi connectivity index (χ1v) is 6.93. The second-order valence-corrected chi connectivity index (χ2v) is 5.78. The van der Waals surface area contributed by atoms with Gasteiger partial charge in [0, 0.05) is 19.3 Å². The molecule has 3 heteroatoms. The largest absolute Gasteiger partial charge is 0.355 e. The third kappa shape index (κ3) is 3.48. The zero-order valence-electron chi connectivity index (χ0n) is 11.4. The molecule has 1 saturated carbocycles. The molecule has 0 bridgehead atoms. The maximum atomic E-state index is 4.58. The molecule has 1 fully saturated rings. The van der Waals surface area contributed by atoms with E-state index in [1.54, 1.807) is 0 Å². The van der Waals surface area contributed by atoms with Crippen LogP contribution in [0.4, 0.5) is 5.95 Å². The molecule has 1 aliphatic carbocycles. The van der Waals surface area contributed by atoms with Crippen molar-refractivity contribution in [3.63, 3.8) is 0 Å². The van der Waals surface area contributed by atoms with Crippen LogP contribution in [0.25, 0.3) is 0 Å². The van der Waals surface area contributed by atoms with Gasteiger partial charge in [-0.05, 0) is 31.6 Å². The van der Waals surface area contributed by atoms with Crippen molar-refractivity contribution >= 4 is 5.95 Å². The number of nitrogens with zero attached hydrogens (tertiary/aromatic N) is 2. The van der Waals surface area contributed by atoms with E-state index < -0.39 is 0 Å². The molecule has 2 rings (SSSR count). The first kappa shape index (κ1) is 12.5. The number of rotatable bonds is 5. The molecule has 0 aromatic carbocycles. The lowest BCUT2D eigenvalue weighted by Crippen LogP contribution is -2.15. The van der Waals surface area contributed by atoms with Crippen molar-refractivity contribution in [2.75, 3.05) is 11.9 Å². The van der Waals surface area contributed by atoms with Crippen LogP contribution in [0, 0.1) is 18.8 Å². The quantitative estimate of drug-likeness (QED) is 0.847. The molecule has 0 aliphatic heterocycles. The minimum atomic E-state index is 0.663. The van der Waals surface area contributed by atoms with E-state index in [1.165, 1.54) is 25.7 Å². The highest BCUT2D eigenvalue weighted by Gasteiger charge is 2.15. The summed E-state index contributed by atoms with van der Waals surface area (Å²) in [5, 5.41) is 3.53. The maximum absolute atomic E-state index is 4.58. The molecule has 0 amide bonds. The fourth-order valence-corrected chi connectivity index (χ4v) is 2.67. The van der Waals surface area contributed by atoms with Gasteiger partial charge in [-0.2, -0.15) is 0 Å². The van der Waals surface area contributed by atoms with E-state index >= 15 is 0 Å². The molecule has 3 nitrogen and oxygen atoms in total. The molecule has 1 heterocycles. The Kier molecular flexibility index (Phi) is 4.08. The number of hydrogen-bond acceptors (Lipinski definition) is 2. The van der Waals surface area contributed by atoms with Crippen LogP contribution in [-0.4, -0.2) is 16.1 Å². The fourth-order valence-electron chi connectivity index (χ4n) is 2.67. The monoisotopic (exact) mass is 235 g/mol. The zero-order chi connectivity index (χ0) is 12.3. The lowest BCUT2D eigenvalue weighted by Gasteiger charge is -2.14. The molecule has 0 radical (unpaired) electrons. The SMILES string of the molecule is Cc1cn(CC(C)C)c(NCC2CCCC2)n1. The zero-order valence-corrected chi connectivity index (χ0v) is 11.4. The lowest BCUT2D eigenvalue weighted by molar-refractivity contribution is 0.520. The Morgan fingerprint density at radius 1 is 1.41 bits per heavy atom. The highest BCUT2D eigenvalue weighted by Crippen LogP contribution is 2.25. The molecule has 1 aromatic heterocycles. The van der Waals surface area contributed by atoms with E-state index in [2.05, 4.69) is 41.8 Å². The van der Waals surface area contributed by atoms with Gasteiger partial charge in [0.1, 0.15) is 0 Å². The minimum absolute atomic E-state index is 0.663. The summed E-state index contributed by atoms with van der Waals surface area (Å²) in [6.45, 7) is 8.70. The molecule has 1 aliphatic rings. The van der Waals surface area contributed by atoms with Gasteiger partial charge in [-0.15, -0.1) is 0 Å². The average molecular weight is 235 g/mol. The van der Waals surface area contributed by atoms with Gasteiger partial charge in [0.05, 0.1) is 5.69 Å². The van der Waals surface area contributed by atoms with Crippen LogP contribution in [-0.2, 0) is 6.54 Å². The summed E-state index contributed by atoms with van der Waals surface area (Å²) in [5.74, 6) is 2.58. The molecular formula is C14H25N3. The first-order valence-electron chi connectivity index (χ1n) is 6.93. The van der Waals surface area contributed by atoms with Crippen LogP contribution >= 0.6 is 0 Å². The standard InChI is InChI=1S/C14H25N3/c1-11(2)9-17-10-12(3)16-14(17)15-8-13-6-4-5-7-13/h10-11,13H,4-9H2,1-3H3,(H,15,16). The lowest BCUT2D eigenvalue weighted by atomic mass is 10.1. The molecule has 0 saturated heterocycles. The normalized spacial score (nSPS) is 16.9. The molecule has 96 valence electrons. The van der Waals surface area contributed by atoms with Crippen molar-refractivity contribution in [3.8, 4) is 0 Å². The van der Waals surface area contributed by atoms with Gasteiger partial charge in [0.15, 0.2) is 0 Å². The highest BCUT2D eigenvalue weighted by atomic mass is 15.2. The van der Waals surface area contributed by atoms with Crippen molar-refractivity contribution in [1.29, 1.82) is 0 Å². The molecule has 0 atom stereocenters.